The molecule has 3 nitrogen and oxygen atoms in total. The van der Waals surface area contributed by atoms with Crippen LogP contribution in [0.1, 0.15) is 97.8 Å². The molecule has 4 aliphatic rings. The Morgan fingerprint density at radius 3 is 1.66 bits per heavy atom. The molecule has 2 unspecified atom stereocenters. The fourth-order valence-electron chi connectivity index (χ4n) is 12.6. The van der Waals surface area contributed by atoms with Crippen molar-refractivity contribution in [2.24, 2.45) is 0 Å². The van der Waals surface area contributed by atoms with Gasteiger partial charge in [0.25, 0.3) is 6.71 Å². The molecule has 0 aromatic heterocycles. The average Bonchev–Trinajstić information content (AvgIpc) is 3.56. The van der Waals surface area contributed by atoms with E-state index in [1.54, 1.807) is 0 Å². The highest BCUT2D eigenvalue weighted by Crippen LogP contribution is 2.63. The number of fused-ring (bicyclic) bond motifs is 7. The molecule has 1 saturated carbocycles. The standard InChI is InChI=1S/C64H62BN3/c1-61(2,3)46-32-34-55(51(39-46)44-25-15-10-16-26-44)67-56-40-47(62(4,5)6)31-33-53(56)65-54-38-45(43-23-13-9-14-24-43)37-52-60(54)68(64(8)36-22-21-35-63(52,64)7)58-42-50(41-57(67)59(58)65)66(48-27-17-11-18-28-48)49-29-19-12-20-30-49/h9-20,23-34,37-42H,21-22,35-36H2,1-8H3. The van der Waals surface area contributed by atoms with Gasteiger partial charge in [-0.3, -0.25) is 0 Å². The van der Waals surface area contributed by atoms with E-state index in [-0.39, 0.29) is 28.5 Å². The molecule has 2 atom stereocenters. The van der Waals surface area contributed by atoms with E-state index in [1.165, 1.54) is 96.6 Å². The van der Waals surface area contributed by atoms with Crippen molar-refractivity contribution in [3.8, 4) is 22.3 Å². The summed E-state index contributed by atoms with van der Waals surface area (Å²) in [6.07, 6.45) is 4.75. The molecule has 0 N–H and O–H groups in total. The predicted octanol–water partition coefficient (Wildman–Crippen LogP) is 15.4. The second kappa shape index (κ2) is 15.4. The van der Waals surface area contributed by atoms with Crippen LogP contribution in [0.15, 0.2) is 182 Å². The predicted molar refractivity (Wildman–Crippen MR) is 292 cm³/mol. The van der Waals surface area contributed by atoms with E-state index in [0.717, 1.165) is 29.9 Å². The molecule has 0 bridgehead atoms. The third-order valence-corrected chi connectivity index (χ3v) is 16.5. The van der Waals surface area contributed by atoms with Crippen LogP contribution in [-0.2, 0) is 16.2 Å². The van der Waals surface area contributed by atoms with Gasteiger partial charge < -0.3 is 14.7 Å². The molecule has 8 aromatic carbocycles. The summed E-state index contributed by atoms with van der Waals surface area (Å²) < 4.78 is 0. The number of nitrogens with zero attached hydrogens (tertiary/aromatic N) is 3. The molecule has 68 heavy (non-hydrogen) atoms. The van der Waals surface area contributed by atoms with Crippen LogP contribution in [0.5, 0.6) is 0 Å². The number of hydrogen-bond donors (Lipinski definition) is 0. The molecule has 8 aromatic rings. The van der Waals surface area contributed by atoms with Crippen LogP contribution in [0, 0.1) is 0 Å². The zero-order chi connectivity index (χ0) is 46.7. The Balaban J connectivity index is 1.25. The fourth-order valence-corrected chi connectivity index (χ4v) is 12.6. The Bertz CT molecular complexity index is 3200. The summed E-state index contributed by atoms with van der Waals surface area (Å²) >= 11 is 0. The first kappa shape index (κ1) is 42.6. The number of anilines is 8. The minimum atomic E-state index is -0.149. The summed E-state index contributed by atoms with van der Waals surface area (Å²) in [5, 5.41) is 0. The fraction of sp³-hybridized carbons (Fsp3) is 0.250. The van der Waals surface area contributed by atoms with Crippen LogP contribution >= 0.6 is 0 Å². The van der Waals surface area contributed by atoms with Crippen LogP contribution < -0.4 is 31.1 Å². The Kier molecular flexibility index (Phi) is 9.62. The molecule has 12 rings (SSSR count). The van der Waals surface area contributed by atoms with Gasteiger partial charge in [-0.15, -0.1) is 0 Å². The number of para-hydroxylation sites is 2. The summed E-state index contributed by atoms with van der Waals surface area (Å²) in [5.74, 6) is 0. The summed E-state index contributed by atoms with van der Waals surface area (Å²) in [4.78, 5) is 8.04. The zero-order valence-electron chi connectivity index (χ0n) is 41.1. The molecule has 3 heterocycles. The molecule has 1 aliphatic carbocycles. The summed E-state index contributed by atoms with van der Waals surface area (Å²) in [5.41, 5.74) is 23.0. The first-order valence-electron chi connectivity index (χ1n) is 25.0. The number of rotatable bonds is 6. The molecule has 0 spiro atoms. The molecule has 1 fully saturated rings. The second-order valence-corrected chi connectivity index (χ2v) is 22.5. The molecular weight excluding hydrogens is 822 g/mol. The first-order chi connectivity index (χ1) is 32.7. The Morgan fingerprint density at radius 2 is 1.03 bits per heavy atom. The van der Waals surface area contributed by atoms with Crippen LogP contribution in [0.3, 0.4) is 0 Å². The smallest absolute Gasteiger partial charge is 0.252 e. The molecule has 0 radical (unpaired) electrons. The van der Waals surface area contributed by atoms with Crippen LogP contribution in [-0.4, -0.2) is 12.3 Å². The van der Waals surface area contributed by atoms with E-state index in [2.05, 4.69) is 252 Å². The van der Waals surface area contributed by atoms with Crippen LogP contribution in [0.25, 0.3) is 22.3 Å². The Morgan fingerprint density at radius 1 is 0.471 bits per heavy atom. The highest BCUT2D eigenvalue weighted by Gasteiger charge is 2.61. The van der Waals surface area contributed by atoms with E-state index in [4.69, 9.17) is 0 Å². The maximum atomic E-state index is 2.88. The first-order valence-corrected chi connectivity index (χ1v) is 25.0. The minimum Gasteiger partial charge on any atom is -0.335 e. The highest BCUT2D eigenvalue weighted by molar-refractivity contribution is 7.00. The van der Waals surface area contributed by atoms with Crippen molar-refractivity contribution >= 4 is 68.6 Å². The van der Waals surface area contributed by atoms with Crippen molar-refractivity contribution in [1.82, 2.24) is 0 Å². The Hall–Kier alpha value is -6.78. The summed E-state index contributed by atoms with van der Waals surface area (Å²) in [7, 11) is 0. The molecule has 3 aliphatic heterocycles. The monoisotopic (exact) mass is 884 g/mol. The molecule has 0 saturated heterocycles. The SMILES string of the molecule is CC(C)(C)c1ccc(N2c3cc(C(C)(C)C)ccc3B3c4cc(-c5ccccc5)cc5c4N(c4cc(N(c6ccccc6)c6ccccc6)cc2c43)C2(C)CCCCC52C)c(-c2ccccc2)c1. The number of benzene rings is 8. The molecular formula is C64H62BN3. The van der Waals surface area contributed by atoms with E-state index in [1.807, 2.05) is 0 Å². The molecule has 336 valence electrons. The van der Waals surface area contributed by atoms with Crippen molar-refractivity contribution in [2.45, 2.75) is 103 Å². The normalized spacial score (nSPS) is 19.0. The lowest BCUT2D eigenvalue weighted by atomic mass is 9.33. The van der Waals surface area contributed by atoms with Gasteiger partial charge in [0.05, 0.1) is 16.9 Å². The van der Waals surface area contributed by atoms with Gasteiger partial charge >= 0.3 is 0 Å². The van der Waals surface area contributed by atoms with Crippen molar-refractivity contribution < 1.29 is 0 Å². The van der Waals surface area contributed by atoms with Gasteiger partial charge in [0.15, 0.2) is 0 Å². The van der Waals surface area contributed by atoms with Crippen LogP contribution in [0.4, 0.5) is 45.5 Å². The lowest BCUT2D eigenvalue weighted by Crippen LogP contribution is -2.64. The van der Waals surface area contributed by atoms with Gasteiger partial charge in [0.2, 0.25) is 0 Å². The van der Waals surface area contributed by atoms with E-state index in [9.17, 15) is 0 Å². The third kappa shape index (κ3) is 6.39. The lowest BCUT2D eigenvalue weighted by molar-refractivity contribution is 0.195. The third-order valence-electron chi connectivity index (χ3n) is 16.5. The van der Waals surface area contributed by atoms with Crippen molar-refractivity contribution in [2.75, 3.05) is 14.7 Å². The van der Waals surface area contributed by atoms with Crippen molar-refractivity contribution in [3.05, 3.63) is 199 Å². The average molecular weight is 884 g/mol. The van der Waals surface area contributed by atoms with E-state index >= 15 is 0 Å². The maximum absolute atomic E-state index is 2.88. The molecule has 4 heteroatoms. The minimum absolute atomic E-state index is 0.00579. The highest BCUT2D eigenvalue weighted by atomic mass is 15.3. The van der Waals surface area contributed by atoms with Gasteiger partial charge in [-0.05, 0) is 141 Å². The quantitative estimate of drug-likeness (QED) is 0.154. The largest absolute Gasteiger partial charge is 0.335 e. The lowest BCUT2D eigenvalue weighted by Gasteiger charge is -2.53. The zero-order valence-corrected chi connectivity index (χ0v) is 41.1. The van der Waals surface area contributed by atoms with Gasteiger partial charge in [0, 0.05) is 45.1 Å². The van der Waals surface area contributed by atoms with Crippen molar-refractivity contribution in [1.29, 1.82) is 0 Å². The molecule has 0 amide bonds. The number of hydrogen-bond acceptors (Lipinski definition) is 3. The van der Waals surface area contributed by atoms with Gasteiger partial charge in [-0.2, -0.15) is 0 Å². The topological polar surface area (TPSA) is 9.72 Å². The van der Waals surface area contributed by atoms with E-state index in [0.29, 0.717) is 0 Å². The van der Waals surface area contributed by atoms with Gasteiger partial charge in [0.1, 0.15) is 0 Å². The Labute approximate surface area is 405 Å². The van der Waals surface area contributed by atoms with Crippen molar-refractivity contribution in [3.63, 3.8) is 0 Å². The van der Waals surface area contributed by atoms with Crippen LogP contribution in [0.2, 0.25) is 0 Å². The second-order valence-electron chi connectivity index (χ2n) is 22.5. The van der Waals surface area contributed by atoms with Gasteiger partial charge in [-0.1, -0.05) is 183 Å². The summed E-state index contributed by atoms with van der Waals surface area (Å²) in [6, 6.07) is 69.3. The maximum Gasteiger partial charge on any atom is 0.252 e. The van der Waals surface area contributed by atoms with E-state index < -0.39 is 0 Å². The summed E-state index contributed by atoms with van der Waals surface area (Å²) in [6.45, 7) is 19.3. The van der Waals surface area contributed by atoms with Gasteiger partial charge in [-0.25, -0.2) is 0 Å².